The van der Waals surface area contributed by atoms with Gasteiger partial charge in [-0.3, -0.25) is 9.88 Å². The van der Waals surface area contributed by atoms with Gasteiger partial charge in [0.05, 0.1) is 5.92 Å². The molecule has 0 bridgehead atoms. The maximum atomic E-state index is 12.6. The third-order valence-electron chi connectivity index (χ3n) is 3.57. The maximum Gasteiger partial charge on any atom is 0.391 e. The monoisotopic (exact) mass is 303 g/mol. The number of nitrogens with two attached hydrogens (primary N) is 1. The van der Waals surface area contributed by atoms with Crippen molar-refractivity contribution in [2.75, 3.05) is 13.1 Å². The second-order valence-corrected chi connectivity index (χ2v) is 5.41. The Balaban J connectivity index is 1.98. The van der Waals surface area contributed by atoms with Crippen molar-refractivity contribution in [2.24, 2.45) is 11.7 Å². The SMILES string of the molecule is NC(=S)c1ncccc1CN1CCC(C(F)(F)F)CC1. The van der Waals surface area contributed by atoms with Crippen LogP contribution in [0.5, 0.6) is 0 Å². The molecule has 1 aromatic heterocycles. The largest absolute Gasteiger partial charge is 0.391 e. The van der Waals surface area contributed by atoms with Crippen LogP contribution >= 0.6 is 12.2 Å². The first-order valence-corrected chi connectivity index (χ1v) is 6.81. The number of thiocarbonyl (C=S) groups is 1. The highest BCUT2D eigenvalue weighted by molar-refractivity contribution is 7.80. The van der Waals surface area contributed by atoms with E-state index >= 15 is 0 Å². The van der Waals surface area contributed by atoms with E-state index in [1.807, 2.05) is 11.0 Å². The lowest BCUT2D eigenvalue weighted by Gasteiger charge is -2.33. The summed E-state index contributed by atoms with van der Waals surface area (Å²) >= 11 is 4.93. The summed E-state index contributed by atoms with van der Waals surface area (Å²) in [5.74, 6) is -1.18. The summed E-state index contributed by atoms with van der Waals surface area (Å²) in [7, 11) is 0. The lowest BCUT2D eigenvalue weighted by molar-refractivity contribution is -0.185. The Morgan fingerprint density at radius 1 is 1.40 bits per heavy atom. The van der Waals surface area contributed by atoms with Gasteiger partial charge in [0.15, 0.2) is 0 Å². The number of rotatable bonds is 3. The Morgan fingerprint density at radius 3 is 2.60 bits per heavy atom. The third-order valence-corrected chi connectivity index (χ3v) is 3.76. The fourth-order valence-electron chi connectivity index (χ4n) is 2.45. The highest BCUT2D eigenvalue weighted by Gasteiger charge is 2.40. The molecular formula is C13H16F3N3S. The smallest absolute Gasteiger partial charge is 0.388 e. The molecule has 0 unspecified atom stereocenters. The van der Waals surface area contributed by atoms with E-state index in [0.717, 1.165) is 5.56 Å². The molecule has 2 heterocycles. The first-order valence-electron chi connectivity index (χ1n) is 6.40. The molecule has 0 aliphatic carbocycles. The number of likely N-dealkylation sites (tertiary alicyclic amines) is 1. The van der Waals surface area contributed by atoms with Gasteiger partial charge in [0.25, 0.3) is 0 Å². The normalized spacial score (nSPS) is 18.1. The van der Waals surface area contributed by atoms with Crippen LogP contribution in [-0.2, 0) is 6.54 Å². The number of piperidine rings is 1. The fourth-order valence-corrected chi connectivity index (χ4v) is 2.63. The van der Waals surface area contributed by atoms with Crippen LogP contribution in [0, 0.1) is 5.92 Å². The molecule has 1 aliphatic rings. The number of pyridine rings is 1. The van der Waals surface area contributed by atoms with Gasteiger partial charge in [-0.1, -0.05) is 18.3 Å². The second kappa shape index (κ2) is 6.05. The summed E-state index contributed by atoms with van der Waals surface area (Å²) in [6, 6.07) is 3.64. The van der Waals surface area contributed by atoms with E-state index in [9.17, 15) is 13.2 Å². The second-order valence-electron chi connectivity index (χ2n) is 4.97. The number of halogens is 3. The van der Waals surface area contributed by atoms with Crippen molar-refractivity contribution in [3.05, 3.63) is 29.6 Å². The lowest BCUT2D eigenvalue weighted by atomic mass is 9.96. The van der Waals surface area contributed by atoms with E-state index in [1.165, 1.54) is 0 Å². The van der Waals surface area contributed by atoms with Gasteiger partial charge in [-0.15, -0.1) is 0 Å². The summed E-state index contributed by atoms with van der Waals surface area (Å²) in [6.45, 7) is 1.39. The van der Waals surface area contributed by atoms with Crippen molar-refractivity contribution in [1.82, 2.24) is 9.88 Å². The van der Waals surface area contributed by atoms with Gasteiger partial charge in [-0.2, -0.15) is 13.2 Å². The fraction of sp³-hybridized carbons (Fsp3) is 0.538. The van der Waals surface area contributed by atoms with Gasteiger partial charge in [0, 0.05) is 12.7 Å². The quantitative estimate of drug-likeness (QED) is 0.871. The summed E-state index contributed by atoms with van der Waals surface area (Å²) in [6.07, 6.45) is -2.18. The van der Waals surface area contributed by atoms with Crippen LogP contribution < -0.4 is 5.73 Å². The molecule has 1 saturated heterocycles. The highest BCUT2D eigenvalue weighted by Crippen LogP contribution is 2.34. The number of nitrogens with zero attached hydrogens (tertiary/aromatic N) is 2. The molecule has 2 rings (SSSR count). The van der Waals surface area contributed by atoms with Crippen molar-refractivity contribution in [3.8, 4) is 0 Å². The molecule has 2 N–H and O–H groups in total. The Kier molecular flexibility index (Phi) is 4.59. The van der Waals surface area contributed by atoms with Crippen LogP contribution in [0.15, 0.2) is 18.3 Å². The zero-order valence-electron chi connectivity index (χ0n) is 10.9. The summed E-state index contributed by atoms with van der Waals surface area (Å²) in [5, 5.41) is 0. The molecule has 0 saturated carbocycles. The highest BCUT2D eigenvalue weighted by atomic mass is 32.1. The van der Waals surface area contributed by atoms with Crippen LogP contribution in [-0.4, -0.2) is 34.1 Å². The molecule has 7 heteroatoms. The van der Waals surface area contributed by atoms with E-state index in [-0.39, 0.29) is 17.8 Å². The number of hydrogen-bond acceptors (Lipinski definition) is 3. The molecule has 0 aromatic carbocycles. The molecule has 20 heavy (non-hydrogen) atoms. The van der Waals surface area contributed by atoms with E-state index < -0.39 is 12.1 Å². The Bertz CT molecular complexity index is 482. The Hall–Kier alpha value is -1.21. The molecule has 0 amide bonds. The standard InChI is InChI=1S/C13H16F3N3S/c14-13(15,16)10-3-6-19(7-4-10)8-9-2-1-5-18-11(9)12(17)20/h1-2,5,10H,3-4,6-8H2,(H2,17,20). The van der Waals surface area contributed by atoms with Crippen molar-refractivity contribution >= 4 is 17.2 Å². The lowest BCUT2D eigenvalue weighted by Crippen LogP contribution is -2.38. The van der Waals surface area contributed by atoms with Crippen LogP contribution in [0.2, 0.25) is 0 Å². The van der Waals surface area contributed by atoms with Crippen molar-refractivity contribution in [2.45, 2.75) is 25.6 Å². The van der Waals surface area contributed by atoms with E-state index in [0.29, 0.717) is 25.3 Å². The number of alkyl halides is 3. The first kappa shape index (κ1) is 15.2. The third kappa shape index (κ3) is 3.67. The predicted octanol–water partition coefficient (Wildman–Crippen LogP) is 2.49. The molecule has 3 nitrogen and oxygen atoms in total. The van der Waals surface area contributed by atoms with Gasteiger partial charge in [-0.05, 0) is 37.6 Å². The summed E-state index contributed by atoms with van der Waals surface area (Å²) in [4.78, 5) is 6.33. The molecule has 1 fully saturated rings. The first-order chi connectivity index (χ1) is 9.38. The van der Waals surface area contributed by atoms with Gasteiger partial charge < -0.3 is 5.73 Å². The van der Waals surface area contributed by atoms with Crippen LogP contribution in [0.1, 0.15) is 24.1 Å². The van der Waals surface area contributed by atoms with Crippen molar-refractivity contribution < 1.29 is 13.2 Å². The minimum atomic E-state index is -4.08. The van der Waals surface area contributed by atoms with Gasteiger partial charge in [0.1, 0.15) is 10.7 Å². The zero-order valence-corrected chi connectivity index (χ0v) is 11.7. The summed E-state index contributed by atoms with van der Waals surface area (Å²) in [5.41, 5.74) is 7.02. The topological polar surface area (TPSA) is 42.1 Å². The van der Waals surface area contributed by atoms with Gasteiger partial charge in [-0.25, -0.2) is 0 Å². The minimum absolute atomic E-state index is 0.145. The molecule has 110 valence electrons. The van der Waals surface area contributed by atoms with Crippen molar-refractivity contribution in [3.63, 3.8) is 0 Å². The Morgan fingerprint density at radius 2 is 2.05 bits per heavy atom. The van der Waals surface area contributed by atoms with E-state index in [1.54, 1.807) is 12.3 Å². The average Bonchev–Trinajstić information content (AvgIpc) is 2.38. The van der Waals surface area contributed by atoms with Gasteiger partial charge in [0.2, 0.25) is 0 Å². The minimum Gasteiger partial charge on any atom is -0.388 e. The maximum absolute atomic E-state index is 12.6. The van der Waals surface area contributed by atoms with Crippen molar-refractivity contribution in [1.29, 1.82) is 0 Å². The average molecular weight is 303 g/mol. The molecule has 0 radical (unpaired) electrons. The molecule has 1 aromatic rings. The van der Waals surface area contributed by atoms with Crippen LogP contribution in [0.25, 0.3) is 0 Å². The van der Waals surface area contributed by atoms with Gasteiger partial charge >= 0.3 is 6.18 Å². The van der Waals surface area contributed by atoms with E-state index in [4.69, 9.17) is 18.0 Å². The van der Waals surface area contributed by atoms with E-state index in [2.05, 4.69) is 4.98 Å². The zero-order chi connectivity index (χ0) is 14.8. The van der Waals surface area contributed by atoms with Crippen LogP contribution in [0.3, 0.4) is 0 Å². The summed E-state index contributed by atoms with van der Waals surface area (Å²) < 4.78 is 37.8. The molecule has 0 atom stereocenters. The molecular weight excluding hydrogens is 287 g/mol. The predicted molar refractivity (Wildman–Crippen MR) is 74.2 cm³/mol. The van der Waals surface area contributed by atoms with Crippen LogP contribution in [0.4, 0.5) is 13.2 Å². The number of hydrogen-bond donors (Lipinski definition) is 1. The Labute approximate surface area is 121 Å². The molecule has 1 aliphatic heterocycles. The molecule has 0 spiro atoms. The number of aromatic nitrogens is 1.